The number of hydrogen-bond donors (Lipinski definition) is 2. The molecule has 1 atom stereocenters. The van der Waals surface area contributed by atoms with E-state index in [2.05, 4.69) is 10.3 Å². The number of nitrogens with zero attached hydrogens (tertiary/aromatic N) is 1. The number of hydrogen-bond acceptors (Lipinski definition) is 3. The molecular formula is C10H14N2O2. The second-order valence-electron chi connectivity index (χ2n) is 3.19. The van der Waals surface area contributed by atoms with E-state index in [-0.39, 0.29) is 5.91 Å². The molecule has 0 aromatic carbocycles. The van der Waals surface area contributed by atoms with Crippen molar-refractivity contribution in [1.82, 2.24) is 10.3 Å². The van der Waals surface area contributed by atoms with Gasteiger partial charge in [0, 0.05) is 18.9 Å². The van der Waals surface area contributed by atoms with Gasteiger partial charge in [-0.3, -0.25) is 9.78 Å². The van der Waals surface area contributed by atoms with E-state index in [0.717, 1.165) is 5.56 Å². The van der Waals surface area contributed by atoms with Crippen molar-refractivity contribution in [2.75, 3.05) is 6.54 Å². The molecule has 76 valence electrons. The molecule has 1 aromatic heterocycles. The lowest BCUT2D eigenvalue weighted by Gasteiger charge is -2.06. The lowest BCUT2D eigenvalue weighted by atomic mass is 10.2. The minimum Gasteiger partial charge on any atom is -0.392 e. The van der Waals surface area contributed by atoms with Gasteiger partial charge in [0.15, 0.2) is 0 Å². The third-order valence-corrected chi connectivity index (χ3v) is 1.68. The minimum atomic E-state index is -0.507. The maximum absolute atomic E-state index is 11.3. The molecule has 0 aliphatic carbocycles. The summed E-state index contributed by atoms with van der Waals surface area (Å²) in [6, 6.07) is 3.63. The molecular weight excluding hydrogens is 180 g/mol. The van der Waals surface area contributed by atoms with Crippen LogP contribution in [0.15, 0.2) is 24.5 Å². The second kappa shape index (κ2) is 5.34. The van der Waals surface area contributed by atoms with Crippen molar-refractivity contribution in [3.8, 4) is 0 Å². The Hall–Kier alpha value is -1.42. The van der Waals surface area contributed by atoms with E-state index >= 15 is 0 Å². The topological polar surface area (TPSA) is 62.2 Å². The van der Waals surface area contributed by atoms with Crippen LogP contribution in [0.4, 0.5) is 0 Å². The molecule has 0 saturated carbocycles. The third kappa shape index (κ3) is 4.00. The molecule has 1 amide bonds. The zero-order valence-electron chi connectivity index (χ0n) is 8.10. The first-order valence-electron chi connectivity index (χ1n) is 4.52. The Morgan fingerprint density at radius 3 is 3.07 bits per heavy atom. The Kier molecular flexibility index (Phi) is 4.07. The fourth-order valence-corrected chi connectivity index (χ4v) is 1.01. The largest absolute Gasteiger partial charge is 0.392 e. The van der Waals surface area contributed by atoms with Gasteiger partial charge >= 0.3 is 0 Å². The first-order valence-corrected chi connectivity index (χ1v) is 4.52. The highest BCUT2D eigenvalue weighted by Gasteiger charge is 2.03. The number of carbonyl (C=O) groups excluding carboxylic acids is 1. The summed E-state index contributed by atoms with van der Waals surface area (Å²) in [6.45, 7) is 1.92. The van der Waals surface area contributed by atoms with Gasteiger partial charge in [0.25, 0.3) is 0 Å². The molecule has 0 bridgehead atoms. The van der Waals surface area contributed by atoms with E-state index in [1.165, 1.54) is 0 Å². The van der Waals surface area contributed by atoms with Gasteiger partial charge < -0.3 is 10.4 Å². The van der Waals surface area contributed by atoms with Crippen LogP contribution in [0.25, 0.3) is 0 Å². The summed E-state index contributed by atoms with van der Waals surface area (Å²) in [5.74, 6) is -0.0982. The highest BCUT2D eigenvalue weighted by molar-refractivity contribution is 5.78. The molecule has 0 saturated heterocycles. The molecule has 1 heterocycles. The van der Waals surface area contributed by atoms with E-state index in [9.17, 15) is 4.79 Å². The fraction of sp³-hybridized carbons (Fsp3) is 0.400. The summed E-state index contributed by atoms with van der Waals surface area (Å²) in [6.07, 6.45) is 3.12. The van der Waals surface area contributed by atoms with E-state index in [1.807, 2.05) is 6.07 Å². The number of aromatic nitrogens is 1. The summed E-state index contributed by atoms with van der Waals surface area (Å²) in [5, 5.41) is 11.6. The average molecular weight is 194 g/mol. The molecule has 4 nitrogen and oxygen atoms in total. The molecule has 0 aliphatic rings. The monoisotopic (exact) mass is 194 g/mol. The van der Waals surface area contributed by atoms with Crippen molar-refractivity contribution in [3.63, 3.8) is 0 Å². The summed E-state index contributed by atoms with van der Waals surface area (Å²) in [4.78, 5) is 15.2. The molecule has 1 rings (SSSR count). The minimum absolute atomic E-state index is 0.0982. The van der Waals surface area contributed by atoms with Crippen LogP contribution in [-0.2, 0) is 11.2 Å². The maximum Gasteiger partial charge on any atom is 0.224 e. The Morgan fingerprint density at radius 2 is 2.50 bits per heavy atom. The smallest absolute Gasteiger partial charge is 0.224 e. The van der Waals surface area contributed by atoms with Gasteiger partial charge in [-0.1, -0.05) is 6.07 Å². The van der Waals surface area contributed by atoms with Gasteiger partial charge in [-0.2, -0.15) is 0 Å². The lowest BCUT2D eigenvalue weighted by molar-refractivity contribution is -0.120. The molecule has 14 heavy (non-hydrogen) atoms. The number of carbonyl (C=O) groups is 1. The van der Waals surface area contributed by atoms with Crippen LogP contribution in [0.1, 0.15) is 12.5 Å². The SMILES string of the molecule is C[C@H](O)CNC(=O)Cc1cccnc1. The molecule has 0 radical (unpaired) electrons. The number of aliphatic hydroxyl groups excluding tert-OH is 1. The molecule has 0 spiro atoms. The van der Waals surface area contributed by atoms with Crippen molar-refractivity contribution in [2.24, 2.45) is 0 Å². The Morgan fingerprint density at radius 1 is 1.71 bits per heavy atom. The van der Waals surface area contributed by atoms with E-state index < -0.39 is 6.10 Å². The van der Waals surface area contributed by atoms with E-state index in [1.54, 1.807) is 25.4 Å². The average Bonchev–Trinajstić information content (AvgIpc) is 2.16. The predicted molar refractivity (Wildman–Crippen MR) is 52.6 cm³/mol. The Labute approximate surface area is 83.0 Å². The summed E-state index contributed by atoms with van der Waals surface area (Å²) in [7, 11) is 0. The zero-order valence-corrected chi connectivity index (χ0v) is 8.10. The highest BCUT2D eigenvalue weighted by Crippen LogP contribution is 1.96. The van der Waals surface area contributed by atoms with Crippen molar-refractivity contribution >= 4 is 5.91 Å². The molecule has 0 aliphatic heterocycles. The first kappa shape index (κ1) is 10.7. The molecule has 0 fully saturated rings. The highest BCUT2D eigenvalue weighted by atomic mass is 16.3. The number of nitrogens with one attached hydrogen (secondary N) is 1. The van der Waals surface area contributed by atoms with Crippen molar-refractivity contribution in [3.05, 3.63) is 30.1 Å². The van der Waals surface area contributed by atoms with Gasteiger partial charge in [-0.25, -0.2) is 0 Å². The van der Waals surface area contributed by atoms with Crippen LogP contribution in [-0.4, -0.2) is 28.6 Å². The van der Waals surface area contributed by atoms with Crippen molar-refractivity contribution in [1.29, 1.82) is 0 Å². The zero-order chi connectivity index (χ0) is 10.4. The van der Waals surface area contributed by atoms with Gasteiger partial charge in [0.2, 0.25) is 5.91 Å². The van der Waals surface area contributed by atoms with Crippen molar-refractivity contribution < 1.29 is 9.90 Å². The number of rotatable bonds is 4. The Balaban J connectivity index is 2.35. The number of aliphatic hydroxyl groups is 1. The maximum atomic E-state index is 11.3. The Bertz CT molecular complexity index is 285. The standard InChI is InChI=1S/C10H14N2O2/c1-8(13)6-12-10(14)5-9-3-2-4-11-7-9/h2-4,7-8,13H,5-6H2,1H3,(H,12,14)/t8-/m0/s1. The third-order valence-electron chi connectivity index (χ3n) is 1.68. The number of pyridine rings is 1. The molecule has 2 N–H and O–H groups in total. The van der Waals surface area contributed by atoms with Gasteiger partial charge in [-0.15, -0.1) is 0 Å². The quantitative estimate of drug-likeness (QED) is 0.715. The summed E-state index contributed by atoms with van der Waals surface area (Å²) in [5.41, 5.74) is 0.871. The molecule has 0 unspecified atom stereocenters. The number of amides is 1. The van der Waals surface area contributed by atoms with Gasteiger partial charge in [0.05, 0.1) is 12.5 Å². The summed E-state index contributed by atoms with van der Waals surface area (Å²) < 4.78 is 0. The van der Waals surface area contributed by atoms with Crippen LogP contribution in [0.2, 0.25) is 0 Å². The predicted octanol–water partition coefficient (Wildman–Crippen LogP) is 0.121. The summed E-state index contributed by atoms with van der Waals surface area (Å²) >= 11 is 0. The van der Waals surface area contributed by atoms with Crippen LogP contribution >= 0.6 is 0 Å². The normalized spacial score (nSPS) is 12.1. The second-order valence-corrected chi connectivity index (χ2v) is 3.19. The van der Waals surface area contributed by atoms with E-state index in [0.29, 0.717) is 13.0 Å². The van der Waals surface area contributed by atoms with Crippen LogP contribution < -0.4 is 5.32 Å². The first-order chi connectivity index (χ1) is 6.68. The van der Waals surface area contributed by atoms with Crippen LogP contribution in [0.3, 0.4) is 0 Å². The molecule has 4 heteroatoms. The molecule has 1 aromatic rings. The van der Waals surface area contributed by atoms with Crippen LogP contribution in [0.5, 0.6) is 0 Å². The van der Waals surface area contributed by atoms with E-state index in [4.69, 9.17) is 5.11 Å². The van der Waals surface area contributed by atoms with Gasteiger partial charge in [-0.05, 0) is 18.6 Å². The van der Waals surface area contributed by atoms with Crippen LogP contribution in [0, 0.1) is 0 Å². The lowest BCUT2D eigenvalue weighted by Crippen LogP contribution is -2.31. The van der Waals surface area contributed by atoms with Gasteiger partial charge in [0.1, 0.15) is 0 Å². The fourth-order valence-electron chi connectivity index (χ4n) is 1.01. The van der Waals surface area contributed by atoms with Crippen molar-refractivity contribution in [2.45, 2.75) is 19.4 Å².